The zero-order valence-electron chi connectivity index (χ0n) is 12.3. The van der Waals surface area contributed by atoms with Gasteiger partial charge in [0.25, 0.3) is 0 Å². The summed E-state index contributed by atoms with van der Waals surface area (Å²) >= 11 is 0. The molecule has 1 aromatic carbocycles. The Morgan fingerprint density at radius 3 is 2.41 bits per heavy atom. The molecule has 0 fully saturated rings. The van der Waals surface area contributed by atoms with Crippen molar-refractivity contribution in [3.05, 3.63) is 35.9 Å². The molecule has 0 heterocycles. The third-order valence-electron chi connectivity index (χ3n) is 3.04. The lowest BCUT2D eigenvalue weighted by Gasteiger charge is -2.20. The maximum atomic E-state index is 11.9. The number of carbonyl (C=O) groups excluding carboxylic acids is 2. The van der Waals surface area contributed by atoms with Gasteiger partial charge < -0.3 is 20.9 Å². The van der Waals surface area contributed by atoms with Gasteiger partial charge in [0, 0.05) is 6.04 Å². The number of hydrogen-bond donors (Lipinski definition) is 3. The van der Waals surface area contributed by atoms with Gasteiger partial charge in [-0.1, -0.05) is 30.3 Å². The molecule has 0 unspecified atom stereocenters. The number of methoxy groups -OCH3 is 1. The number of benzene rings is 1. The predicted octanol–water partition coefficient (Wildman–Crippen LogP) is 0.0790. The summed E-state index contributed by atoms with van der Waals surface area (Å²) in [7, 11) is 1.26. The highest BCUT2D eigenvalue weighted by atomic mass is 16.5. The molecular weight excluding hydrogens is 288 g/mol. The molecule has 0 bridgehead atoms. The summed E-state index contributed by atoms with van der Waals surface area (Å²) in [5.41, 5.74) is 6.45. The third kappa shape index (κ3) is 6.36. The molecule has 0 aromatic heterocycles. The van der Waals surface area contributed by atoms with Crippen LogP contribution in [0.15, 0.2) is 30.3 Å². The Bertz CT molecular complexity index is 518. The van der Waals surface area contributed by atoms with Crippen LogP contribution in [0.25, 0.3) is 0 Å². The smallest absolute Gasteiger partial charge is 0.307 e. The zero-order chi connectivity index (χ0) is 16.5. The van der Waals surface area contributed by atoms with Crippen LogP contribution in [-0.2, 0) is 25.5 Å². The van der Waals surface area contributed by atoms with Gasteiger partial charge in [0.05, 0.1) is 26.0 Å². The van der Waals surface area contributed by atoms with Gasteiger partial charge in [-0.15, -0.1) is 0 Å². The predicted molar refractivity (Wildman–Crippen MR) is 78.9 cm³/mol. The second-order valence-corrected chi connectivity index (χ2v) is 4.88. The number of hydrogen-bond acceptors (Lipinski definition) is 5. The van der Waals surface area contributed by atoms with Gasteiger partial charge in [-0.05, 0) is 12.0 Å². The van der Waals surface area contributed by atoms with Crippen LogP contribution in [0.5, 0.6) is 0 Å². The molecule has 7 nitrogen and oxygen atoms in total. The average molecular weight is 308 g/mol. The van der Waals surface area contributed by atoms with E-state index in [1.807, 2.05) is 30.3 Å². The van der Waals surface area contributed by atoms with E-state index in [2.05, 4.69) is 10.1 Å². The zero-order valence-corrected chi connectivity index (χ0v) is 12.3. The van der Waals surface area contributed by atoms with Crippen molar-refractivity contribution in [2.75, 3.05) is 7.11 Å². The van der Waals surface area contributed by atoms with Crippen molar-refractivity contribution >= 4 is 17.8 Å². The molecule has 7 heteroatoms. The van der Waals surface area contributed by atoms with Crippen molar-refractivity contribution in [3.63, 3.8) is 0 Å². The fourth-order valence-corrected chi connectivity index (χ4v) is 1.95. The van der Waals surface area contributed by atoms with Crippen LogP contribution in [0.4, 0.5) is 0 Å². The molecule has 0 aliphatic heterocycles. The highest BCUT2D eigenvalue weighted by Crippen LogP contribution is 2.07. The van der Waals surface area contributed by atoms with E-state index in [1.54, 1.807) is 0 Å². The number of nitrogens with two attached hydrogens (primary N) is 1. The number of rotatable bonds is 8. The maximum Gasteiger partial charge on any atom is 0.307 e. The quantitative estimate of drug-likeness (QED) is 0.585. The Morgan fingerprint density at radius 1 is 1.23 bits per heavy atom. The van der Waals surface area contributed by atoms with E-state index in [4.69, 9.17) is 10.8 Å². The largest absolute Gasteiger partial charge is 0.481 e. The molecule has 1 rings (SSSR count). The van der Waals surface area contributed by atoms with E-state index in [0.29, 0.717) is 6.42 Å². The summed E-state index contributed by atoms with van der Waals surface area (Å²) in [4.78, 5) is 33.9. The van der Waals surface area contributed by atoms with E-state index >= 15 is 0 Å². The summed E-state index contributed by atoms with van der Waals surface area (Å²) in [5, 5.41) is 11.3. The van der Waals surface area contributed by atoms with E-state index < -0.39 is 36.4 Å². The van der Waals surface area contributed by atoms with Crippen LogP contribution in [0.1, 0.15) is 18.4 Å². The lowest BCUT2D eigenvalue weighted by atomic mass is 10.0. The first-order valence-electron chi connectivity index (χ1n) is 6.81. The molecule has 0 spiro atoms. The highest BCUT2D eigenvalue weighted by Gasteiger charge is 2.22. The minimum absolute atomic E-state index is 0.0169. The lowest BCUT2D eigenvalue weighted by molar-refractivity contribution is -0.142. The average Bonchev–Trinajstić information content (AvgIpc) is 2.47. The normalized spacial score (nSPS) is 13.0. The Kier molecular flexibility index (Phi) is 7.04. The van der Waals surface area contributed by atoms with Crippen molar-refractivity contribution in [3.8, 4) is 0 Å². The Hall–Kier alpha value is -2.41. The van der Waals surface area contributed by atoms with E-state index in [1.165, 1.54) is 7.11 Å². The van der Waals surface area contributed by atoms with Crippen molar-refractivity contribution in [1.82, 2.24) is 5.32 Å². The SMILES string of the molecule is COC(=O)C[C@H](Cc1ccccc1)NC(=O)[C@@H](N)CC(=O)O. The van der Waals surface area contributed by atoms with Gasteiger partial charge >= 0.3 is 11.9 Å². The number of aliphatic carboxylic acids is 1. The second-order valence-electron chi connectivity index (χ2n) is 4.88. The first-order valence-corrected chi connectivity index (χ1v) is 6.81. The lowest BCUT2D eigenvalue weighted by Crippen LogP contribution is -2.47. The molecule has 1 amide bonds. The van der Waals surface area contributed by atoms with Crippen LogP contribution in [0.3, 0.4) is 0 Å². The number of nitrogens with one attached hydrogen (secondary N) is 1. The minimum atomic E-state index is -1.16. The molecule has 0 radical (unpaired) electrons. The van der Waals surface area contributed by atoms with Gasteiger partial charge in [-0.2, -0.15) is 0 Å². The molecule has 4 N–H and O–H groups in total. The summed E-state index contributed by atoms with van der Waals surface area (Å²) in [6, 6.07) is 7.63. The fourth-order valence-electron chi connectivity index (χ4n) is 1.95. The molecule has 2 atom stereocenters. The Balaban J connectivity index is 2.71. The molecule has 0 aliphatic rings. The van der Waals surface area contributed by atoms with Crippen LogP contribution < -0.4 is 11.1 Å². The maximum absolute atomic E-state index is 11.9. The Labute approximate surface area is 128 Å². The topological polar surface area (TPSA) is 119 Å². The van der Waals surface area contributed by atoms with Gasteiger partial charge in [0.2, 0.25) is 5.91 Å². The number of carbonyl (C=O) groups is 3. The minimum Gasteiger partial charge on any atom is -0.481 e. The molecule has 0 aliphatic carbocycles. The van der Waals surface area contributed by atoms with E-state index in [-0.39, 0.29) is 6.42 Å². The second kappa shape index (κ2) is 8.78. The number of ether oxygens (including phenoxy) is 1. The number of amides is 1. The highest BCUT2D eigenvalue weighted by molar-refractivity contribution is 5.86. The van der Waals surface area contributed by atoms with Gasteiger partial charge in [-0.25, -0.2) is 0 Å². The van der Waals surface area contributed by atoms with Crippen molar-refractivity contribution in [2.24, 2.45) is 5.73 Å². The molecule has 0 saturated carbocycles. The molecule has 22 heavy (non-hydrogen) atoms. The van der Waals surface area contributed by atoms with Gasteiger partial charge in [0.1, 0.15) is 0 Å². The summed E-state index contributed by atoms with van der Waals surface area (Å²) < 4.78 is 4.61. The van der Waals surface area contributed by atoms with Crippen molar-refractivity contribution in [1.29, 1.82) is 0 Å². The Morgan fingerprint density at radius 2 is 1.86 bits per heavy atom. The molecule has 0 saturated heterocycles. The van der Waals surface area contributed by atoms with Gasteiger partial charge in [0.15, 0.2) is 0 Å². The number of carboxylic acid groups (broad SMARTS) is 1. The molecule has 1 aromatic rings. The van der Waals surface area contributed by atoms with Crippen LogP contribution >= 0.6 is 0 Å². The molecule has 120 valence electrons. The molecular formula is C15H20N2O5. The standard InChI is InChI=1S/C15H20N2O5/c1-22-14(20)8-11(7-10-5-3-2-4-6-10)17-15(21)12(16)9-13(18)19/h2-6,11-12H,7-9,16H2,1H3,(H,17,21)(H,18,19)/t11-,12-/m0/s1. The first-order chi connectivity index (χ1) is 10.4. The van der Waals surface area contributed by atoms with Crippen molar-refractivity contribution in [2.45, 2.75) is 31.3 Å². The third-order valence-corrected chi connectivity index (χ3v) is 3.04. The van der Waals surface area contributed by atoms with Crippen LogP contribution in [-0.4, -0.2) is 42.1 Å². The monoisotopic (exact) mass is 308 g/mol. The van der Waals surface area contributed by atoms with Gasteiger partial charge in [-0.3, -0.25) is 14.4 Å². The summed E-state index contributed by atoms with van der Waals surface area (Å²) in [6.45, 7) is 0. The number of esters is 1. The van der Waals surface area contributed by atoms with Crippen LogP contribution in [0.2, 0.25) is 0 Å². The van der Waals surface area contributed by atoms with Crippen molar-refractivity contribution < 1.29 is 24.2 Å². The number of carboxylic acids is 1. The van der Waals surface area contributed by atoms with Crippen LogP contribution in [0, 0.1) is 0 Å². The van der Waals surface area contributed by atoms with E-state index in [9.17, 15) is 14.4 Å². The first kappa shape index (κ1) is 17.6. The van der Waals surface area contributed by atoms with E-state index in [0.717, 1.165) is 5.56 Å². The fraction of sp³-hybridized carbons (Fsp3) is 0.400. The summed E-state index contributed by atoms with van der Waals surface area (Å²) in [5.74, 6) is -2.23. The summed E-state index contributed by atoms with van der Waals surface area (Å²) in [6.07, 6.45) is -0.0689.